The Labute approximate surface area is 225 Å². The lowest BCUT2D eigenvalue weighted by molar-refractivity contribution is -0.114. The summed E-state index contributed by atoms with van der Waals surface area (Å²) in [7, 11) is 0. The molecule has 1 heterocycles. The van der Waals surface area contributed by atoms with Crippen LogP contribution in [-0.2, 0) is 9.59 Å². The Morgan fingerprint density at radius 3 is 2.45 bits per heavy atom. The van der Waals surface area contributed by atoms with E-state index in [1.54, 1.807) is 60.7 Å². The van der Waals surface area contributed by atoms with Gasteiger partial charge in [-0.3, -0.25) is 14.4 Å². The van der Waals surface area contributed by atoms with Crippen LogP contribution in [0.15, 0.2) is 106 Å². The van der Waals surface area contributed by atoms with Crippen molar-refractivity contribution in [1.82, 2.24) is 5.32 Å². The smallest absolute Gasteiger partial charge is 0.272 e. The average Bonchev–Trinajstić information content (AvgIpc) is 3.43. The zero-order chi connectivity index (χ0) is 26.9. The highest BCUT2D eigenvalue weighted by Crippen LogP contribution is 2.23. The fraction of sp³-hybridized carbons (Fsp3) is 0.100. The van der Waals surface area contributed by atoms with Gasteiger partial charge in [-0.25, -0.2) is 0 Å². The molecule has 38 heavy (non-hydrogen) atoms. The van der Waals surface area contributed by atoms with E-state index >= 15 is 0 Å². The largest absolute Gasteiger partial charge is 0.465 e. The Morgan fingerprint density at radius 1 is 0.868 bits per heavy atom. The molecule has 4 aromatic rings. The molecule has 8 heteroatoms. The number of anilines is 2. The first-order valence-corrected chi connectivity index (χ1v) is 12.9. The van der Waals surface area contributed by atoms with Gasteiger partial charge in [0.05, 0.1) is 12.0 Å². The highest BCUT2D eigenvalue weighted by Gasteiger charge is 2.16. The van der Waals surface area contributed by atoms with Crippen molar-refractivity contribution in [2.75, 3.05) is 16.4 Å². The number of furan rings is 1. The van der Waals surface area contributed by atoms with Crippen LogP contribution in [0.2, 0.25) is 0 Å². The van der Waals surface area contributed by atoms with Crippen LogP contribution < -0.4 is 16.0 Å². The molecule has 0 saturated carbocycles. The molecule has 0 aliphatic carbocycles. The van der Waals surface area contributed by atoms with Crippen molar-refractivity contribution in [1.29, 1.82) is 0 Å². The van der Waals surface area contributed by atoms with Crippen LogP contribution in [0, 0.1) is 13.8 Å². The minimum atomic E-state index is -0.513. The first-order valence-electron chi connectivity index (χ1n) is 11.9. The highest BCUT2D eigenvalue weighted by molar-refractivity contribution is 8.00. The van der Waals surface area contributed by atoms with Gasteiger partial charge in [0.2, 0.25) is 5.91 Å². The van der Waals surface area contributed by atoms with E-state index in [2.05, 4.69) is 16.0 Å². The second-order valence-electron chi connectivity index (χ2n) is 8.53. The van der Waals surface area contributed by atoms with E-state index in [1.807, 2.05) is 38.1 Å². The quantitative estimate of drug-likeness (QED) is 0.183. The Balaban J connectivity index is 1.41. The van der Waals surface area contributed by atoms with Gasteiger partial charge in [-0.2, -0.15) is 0 Å². The van der Waals surface area contributed by atoms with Gasteiger partial charge in [0.1, 0.15) is 11.5 Å². The number of carbonyl (C=O) groups excluding carboxylic acids is 3. The predicted molar refractivity (Wildman–Crippen MR) is 151 cm³/mol. The van der Waals surface area contributed by atoms with E-state index in [-0.39, 0.29) is 17.4 Å². The molecule has 0 radical (unpaired) electrons. The fourth-order valence-corrected chi connectivity index (χ4v) is 4.28. The third-order valence-corrected chi connectivity index (χ3v) is 6.48. The molecule has 0 aliphatic rings. The van der Waals surface area contributed by atoms with Gasteiger partial charge in [0.15, 0.2) is 0 Å². The monoisotopic (exact) mass is 525 g/mol. The molecule has 0 saturated heterocycles. The number of benzene rings is 3. The van der Waals surface area contributed by atoms with Gasteiger partial charge in [0.25, 0.3) is 11.8 Å². The maximum Gasteiger partial charge on any atom is 0.272 e. The van der Waals surface area contributed by atoms with E-state index in [1.165, 1.54) is 24.1 Å². The Morgan fingerprint density at radius 2 is 1.68 bits per heavy atom. The van der Waals surface area contributed by atoms with Gasteiger partial charge < -0.3 is 20.4 Å². The Kier molecular flexibility index (Phi) is 8.79. The number of nitrogens with one attached hydrogen (secondary N) is 3. The van der Waals surface area contributed by atoms with Gasteiger partial charge in [0, 0.05) is 27.9 Å². The van der Waals surface area contributed by atoms with Crippen LogP contribution in [0.5, 0.6) is 0 Å². The Bertz CT molecular complexity index is 1460. The van der Waals surface area contributed by atoms with Crippen LogP contribution >= 0.6 is 11.8 Å². The molecule has 0 aliphatic heterocycles. The molecular weight excluding hydrogens is 498 g/mol. The zero-order valence-electron chi connectivity index (χ0n) is 21.0. The number of rotatable bonds is 9. The van der Waals surface area contributed by atoms with Crippen LogP contribution in [0.3, 0.4) is 0 Å². The summed E-state index contributed by atoms with van der Waals surface area (Å²) in [6, 6.07) is 25.1. The summed E-state index contributed by atoms with van der Waals surface area (Å²) in [5.74, 6) is -0.423. The molecule has 192 valence electrons. The van der Waals surface area contributed by atoms with E-state index < -0.39 is 11.8 Å². The summed E-state index contributed by atoms with van der Waals surface area (Å²) in [4.78, 5) is 39.2. The first-order chi connectivity index (χ1) is 18.4. The normalized spacial score (nSPS) is 11.1. The van der Waals surface area contributed by atoms with Crippen LogP contribution in [-0.4, -0.2) is 23.5 Å². The second-order valence-corrected chi connectivity index (χ2v) is 9.58. The molecule has 3 amide bonds. The number of hydrogen-bond acceptors (Lipinski definition) is 5. The summed E-state index contributed by atoms with van der Waals surface area (Å²) in [5, 5.41) is 8.43. The Hall–Kier alpha value is -4.56. The number of carbonyl (C=O) groups is 3. The number of amides is 3. The van der Waals surface area contributed by atoms with Crippen molar-refractivity contribution in [3.05, 3.63) is 119 Å². The van der Waals surface area contributed by atoms with Crippen LogP contribution in [0.4, 0.5) is 11.4 Å². The first kappa shape index (κ1) is 26.5. The second kappa shape index (κ2) is 12.6. The zero-order valence-corrected chi connectivity index (χ0v) is 21.8. The molecule has 0 fully saturated rings. The molecule has 4 rings (SSSR count). The summed E-state index contributed by atoms with van der Waals surface area (Å²) in [6.07, 6.45) is 2.95. The third kappa shape index (κ3) is 7.47. The average molecular weight is 526 g/mol. The predicted octanol–water partition coefficient (Wildman–Crippen LogP) is 6.04. The van der Waals surface area contributed by atoms with Crippen molar-refractivity contribution in [2.24, 2.45) is 0 Å². The molecular formula is C30H27N3O4S. The fourth-order valence-electron chi connectivity index (χ4n) is 3.53. The topological polar surface area (TPSA) is 100 Å². The number of hydrogen-bond donors (Lipinski definition) is 3. The molecule has 3 N–H and O–H groups in total. The molecule has 1 aromatic heterocycles. The third-order valence-electron chi connectivity index (χ3n) is 5.49. The SMILES string of the molecule is Cc1ccc(C)c(NC(=O)CSc2cccc(NC(=O)/C(=C/c3ccco3)NC(=O)c3ccccc3)c2)c1. The van der Waals surface area contributed by atoms with E-state index in [4.69, 9.17) is 4.42 Å². The van der Waals surface area contributed by atoms with Crippen LogP contribution in [0.1, 0.15) is 27.2 Å². The van der Waals surface area contributed by atoms with Gasteiger partial charge >= 0.3 is 0 Å². The van der Waals surface area contributed by atoms with Crippen molar-refractivity contribution in [3.8, 4) is 0 Å². The van der Waals surface area contributed by atoms with Crippen molar-refractivity contribution >= 4 is 46.9 Å². The summed E-state index contributed by atoms with van der Waals surface area (Å²) < 4.78 is 5.33. The van der Waals surface area contributed by atoms with E-state index in [9.17, 15) is 14.4 Å². The molecule has 0 atom stereocenters. The maximum atomic E-state index is 13.1. The van der Waals surface area contributed by atoms with E-state index in [0.717, 1.165) is 21.7 Å². The van der Waals surface area contributed by atoms with Crippen molar-refractivity contribution in [2.45, 2.75) is 18.7 Å². The standard InChI is InChI=1S/C30H27N3O4S/c1-20-13-14-21(2)26(16-20)32-28(34)19-38-25-12-6-10-23(17-25)31-30(36)27(18-24-11-7-15-37-24)33-29(35)22-8-4-3-5-9-22/h3-18H,19H2,1-2H3,(H,31,36)(H,32,34)(H,33,35)/b27-18-. The lowest BCUT2D eigenvalue weighted by Gasteiger charge is -2.12. The molecule has 7 nitrogen and oxygen atoms in total. The lowest BCUT2D eigenvalue weighted by atomic mass is 10.1. The van der Waals surface area contributed by atoms with Gasteiger partial charge in [-0.05, 0) is 73.5 Å². The summed E-state index contributed by atoms with van der Waals surface area (Å²) >= 11 is 1.36. The van der Waals surface area contributed by atoms with Crippen molar-refractivity contribution in [3.63, 3.8) is 0 Å². The molecule has 0 bridgehead atoms. The molecule has 0 unspecified atom stereocenters. The van der Waals surface area contributed by atoms with Crippen molar-refractivity contribution < 1.29 is 18.8 Å². The lowest BCUT2D eigenvalue weighted by Crippen LogP contribution is -2.30. The minimum Gasteiger partial charge on any atom is -0.465 e. The summed E-state index contributed by atoms with van der Waals surface area (Å²) in [6.45, 7) is 3.93. The molecule has 3 aromatic carbocycles. The van der Waals surface area contributed by atoms with Gasteiger partial charge in [-0.1, -0.05) is 36.4 Å². The summed E-state index contributed by atoms with van der Waals surface area (Å²) in [5.41, 5.74) is 3.83. The number of aryl methyl sites for hydroxylation is 2. The van der Waals surface area contributed by atoms with Gasteiger partial charge in [-0.15, -0.1) is 11.8 Å². The van der Waals surface area contributed by atoms with E-state index in [0.29, 0.717) is 17.0 Å². The number of thioether (sulfide) groups is 1. The highest BCUT2D eigenvalue weighted by atomic mass is 32.2. The maximum absolute atomic E-state index is 13.1. The molecule has 0 spiro atoms. The minimum absolute atomic E-state index is 0.0276. The van der Waals surface area contributed by atoms with Crippen LogP contribution in [0.25, 0.3) is 6.08 Å².